The Kier molecular flexibility index (Phi) is 4.77. The van der Waals surface area contributed by atoms with Crippen LogP contribution in [-0.4, -0.2) is 20.2 Å². The summed E-state index contributed by atoms with van der Waals surface area (Å²) in [4.78, 5) is 0. The third kappa shape index (κ3) is 3.25. The van der Waals surface area contributed by atoms with Gasteiger partial charge in [0.2, 0.25) is 0 Å². The van der Waals surface area contributed by atoms with Gasteiger partial charge < -0.3 is 15.8 Å². The molecule has 0 aliphatic heterocycles. The predicted octanol–water partition coefficient (Wildman–Crippen LogP) is 2.61. The number of methoxy groups -OCH3 is 1. The number of benzene rings is 1. The summed E-state index contributed by atoms with van der Waals surface area (Å²) in [5.74, 6) is 1.01. The Balaban J connectivity index is 2.23. The summed E-state index contributed by atoms with van der Waals surface area (Å²) in [5.41, 5.74) is 6.86. The van der Waals surface area contributed by atoms with Crippen molar-refractivity contribution in [3.05, 3.63) is 29.6 Å². The summed E-state index contributed by atoms with van der Waals surface area (Å²) in [5, 5.41) is 3.32. The van der Waals surface area contributed by atoms with Crippen LogP contribution < -0.4 is 15.8 Å². The number of hydrogen-bond acceptors (Lipinski definition) is 3. The molecule has 0 radical (unpaired) electrons. The van der Waals surface area contributed by atoms with Gasteiger partial charge in [-0.1, -0.05) is 0 Å². The van der Waals surface area contributed by atoms with Crippen molar-refractivity contribution >= 4 is 0 Å². The first-order valence-corrected chi connectivity index (χ1v) is 6.92. The molecule has 0 heterocycles. The van der Waals surface area contributed by atoms with Crippen LogP contribution in [0.1, 0.15) is 37.3 Å². The fourth-order valence-corrected chi connectivity index (χ4v) is 3.07. The van der Waals surface area contributed by atoms with Crippen molar-refractivity contribution in [1.82, 2.24) is 5.32 Å². The molecule has 3 nitrogen and oxygen atoms in total. The third-order valence-corrected chi connectivity index (χ3v) is 4.13. The lowest BCUT2D eigenvalue weighted by molar-refractivity contribution is 0.257. The van der Waals surface area contributed by atoms with Gasteiger partial charge in [0.1, 0.15) is 11.6 Å². The zero-order valence-electron chi connectivity index (χ0n) is 11.7. The molecule has 4 heteroatoms. The average Bonchev–Trinajstić information content (AvgIpc) is 2.42. The van der Waals surface area contributed by atoms with E-state index in [1.54, 1.807) is 19.2 Å². The lowest BCUT2D eigenvalue weighted by atomic mass is 9.79. The van der Waals surface area contributed by atoms with Gasteiger partial charge in [-0.15, -0.1) is 0 Å². The van der Waals surface area contributed by atoms with E-state index in [2.05, 4.69) is 5.32 Å². The molecule has 1 aromatic carbocycles. The minimum absolute atomic E-state index is 0.123. The molecule has 1 saturated carbocycles. The molecule has 3 N–H and O–H groups in total. The van der Waals surface area contributed by atoms with E-state index >= 15 is 0 Å². The highest BCUT2D eigenvalue weighted by atomic mass is 19.1. The minimum atomic E-state index is -0.219. The van der Waals surface area contributed by atoms with Crippen LogP contribution in [0.15, 0.2) is 18.2 Å². The SMILES string of the molecule is CNC(c1cc(F)ccc1OC)C1CCC(N)CC1. The summed E-state index contributed by atoms with van der Waals surface area (Å²) < 4.78 is 18.9. The van der Waals surface area contributed by atoms with Crippen molar-refractivity contribution in [2.24, 2.45) is 11.7 Å². The second kappa shape index (κ2) is 6.35. The standard InChI is InChI=1S/C15H23FN2O/c1-18-15(10-3-6-12(17)7-4-10)13-9-11(16)5-8-14(13)19-2/h5,8-10,12,15,18H,3-4,6-7,17H2,1-2H3. The van der Waals surface area contributed by atoms with Gasteiger partial charge in [-0.25, -0.2) is 4.39 Å². The molecule has 0 amide bonds. The fourth-order valence-electron chi connectivity index (χ4n) is 3.07. The van der Waals surface area contributed by atoms with Crippen molar-refractivity contribution in [1.29, 1.82) is 0 Å². The van der Waals surface area contributed by atoms with Gasteiger partial charge >= 0.3 is 0 Å². The maximum absolute atomic E-state index is 13.5. The number of nitrogens with two attached hydrogens (primary N) is 1. The van der Waals surface area contributed by atoms with Crippen LogP contribution in [-0.2, 0) is 0 Å². The highest BCUT2D eigenvalue weighted by Gasteiger charge is 2.28. The molecule has 106 valence electrons. The van der Waals surface area contributed by atoms with Crippen molar-refractivity contribution in [2.75, 3.05) is 14.2 Å². The second-order valence-electron chi connectivity index (χ2n) is 5.33. The van der Waals surface area contributed by atoms with Gasteiger partial charge in [-0.05, 0) is 56.8 Å². The smallest absolute Gasteiger partial charge is 0.123 e. The molecule has 2 rings (SSSR count). The molecule has 0 saturated heterocycles. The zero-order valence-corrected chi connectivity index (χ0v) is 11.7. The Morgan fingerprint density at radius 2 is 2.00 bits per heavy atom. The van der Waals surface area contributed by atoms with E-state index in [9.17, 15) is 4.39 Å². The van der Waals surface area contributed by atoms with Crippen LogP contribution in [0, 0.1) is 11.7 Å². The van der Waals surface area contributed by atoms with E-state index in [0.717, 1.165) is 37.0 Å². The van der Waals surface area contributed by atoms with Gasteiger partial charge in [-0.2, -0.15) is 0 Å². The molecule has 1 fully saturated rings. The quantitative estimate of drug-likeness (QED) is 0.880. The summed E-state index contributed by atoms with van der Waals surface area (Å²) in [6, 6.07) is 5.16. The van der Waals surface area contributed by atoms with Crippen molar-refractivity contribution in [3.63, 3.8) is 0 Å². The van der Waals surface area contributed by atoms with Gasteiger partial charge in [0.25, 0.3) is 0 Å². The summed E-state index contributed by atoms with van der Waals surface area (Å²) in [7, 11) is 3.55. The van der Waals surface area contributed by atoms with Crippen LogP contribution >= 0.6 is 0 Å². The summed E-state index contributed by atoms with van der Waals surface area (Å²) in [6.45, 7) is 0. The minimum Gasteiger partial charge on any atom is -0.496 e. The van der Waals surface area contributed by atoms with Gasteiger partial charge in [-0.3, -0.25) is 0 Å². The number of ether oxygens (including phenoxy) is 1. The zero-order chi connectivity index (χ0) is 13.8. The molecule has 19 heavy (non-hydrogen) atoms. The average molecular weight is 266 g/mol. The van der Waals surface area contributed by atoms with Crippen molar-refractivity contribution in [2.45, 2.75) is 37.8 Å². The van der Waals surface area contributed by atoms with E-state index in [4.69, 9.17) is 10.5 Å². The lowest BCUT2D eigenvalue weighted by Gasteiger charge is -2.33. The predicted molar refractivity (Wildman–Crippen MR) is 74.7 cm³/mol. The molecule has 1 aromatic rings. The number of halogens is 1. The maximum atomic E-state index is 13.5. The Bertz CT molecular complexity index is 417. The molecular weight excluding hydrogens is 243 g/mol. The highest BCUT2D eigenvalue weighted by Crippen LogP contribution is 2.37. The first-order chi connectivity index (χ1) is 9.15. The van der Waals surface area contributed by atoms with Crippen LogP contribution in [0.3, 0.4) is 0 Å². The van der Waals surface area contributed by atoms with Gasteiger partial charge in [0.05, 0.1) is 7.11 Å². The van der Waals surface area contributed by atoms with E-state index in [-0.39, 0.29) is 11.9 Å². The topological polar surface area (TPSA) is 47.3 Å². The van der Waals surface area contributed by atoms with Gasteiger partial charge in [0.15, 0.2) is 0 Å². The molecule has 1 atom stereocenters. The van der Waals surface area contributed by atoms with E-state index in [0.29, 0.717) is 12.0 Å². The molecular formula is C15H23FN2O. The fraction of sp³-hybridized carbons (Fsp3) is 0.600. The summed E-state index contributed by atoms with van der Waals surface area (Å²) in [6.07, 6.45) is 4.24. The molecule has 0 bridgehead atoms. The van der Waals surface area contributed by atoms with E-state index < -0.39 is 0 Å². The lowest BCUT2D eigenvalue weighted by Crippen LogP contribution is -2.33. The van der Waals surface area contributed by atoms with Crippen molar-refractivity contribution < 1.29 is 9.13 Å². The number of rotatable bonds is 4. The van der Waals surface area contributed by atoms with E-state index in [1.807, 2.05) is 7.05 Å². The van der Waals surface area contributed by atoms with E-state index in [1.165, 1.54) is 6.07 Å². The molecule has 1 unspecified atom stereocenters. The Morgan fingerprint density at radius 3 is 2.58 bits per heavy atom. The number of nitrogens with one attached hydrogen (secondary N) is 1. The van der Waals surface area contributed by atoms with Crippen LogP contribution in [0.25, 0.3) is 0 Å². The number of hydrogen-bond donors (Lipinski definition) is 2. The van der Waals surface area contributed by atoms with Crippen LogP contribution in [0.2, 0.25) is 0 Å². The third-order valence-electron chi connectivity index (χ3n) is 4.13. The highest BCUT2D eigenvalue weighted by molar-refractivity contribution is 5.37. The summed E-state index contributed by atoms with van der Waals surface area (Å²) >= 11 is 0. The first-order valence-electron chi connectivity index (χ1n) is 6.92. The molecule has 0 spiro atoms. The monoisotopic (exact) mass is 266 g/mol. The van der Waals surface area contributed by atoms with Crippen LogP contribution in [0.5, 0.6) is 5.75 Å². The largest absolute Gasteiger partial charge is 0.496 e. The van der Waals surface area contributed by atoms with Crippen molar-refractivity contribution in [3.8, 4) is 5.75 Å². The van der Waals surface area contributed by atoms with Crippen LogP contribution in [0.4, 0.5) is 4.39 Å². The molecule has 1 aliphatic carbocycles. The van der Waals surface area contributed by atoms with Gasteiger partial charge in [0, 0.05) is 17.6 Å². The molecule has 1 aliphatic rings. The Labute approximate surface area is 114 Å². The maximum Gasteiger partial charge on any atom is 0.123 e. The molecule has 0 aromatic heterocycles. The Morgan fingerprint density at radius 1 is 1.32 bits per heavy atom. The normalized spacial score (nSPS) is 25.1. The second-order valence-corrected chi connectivity index (χ2v) is 5.33. The Hall–Kier alpha value is -1.13. The first kappa shape index (κ1) is 14.3.